The van der Waals surface area contributed by atoms with Crippen LogP contribution in [0, 0.1) is 0 Å². The number of thiophene rings is 1. The minimum Gasteiger partial charge on any atom is -0.455 e. The quantitative estimate of drug-likeness (QED) is 0.159. The first-order chi connectivity index (χ1) is 33.7. The molecule has 0 atom stereocenters. The van der Waals surface area contributed by atoms with Crippen molar-refractivity contribution >= 4 is 103 Å². The van der Waals surface area contributed by atoms with Gasteiger partial charge < -0.3 is 13.9 Å². The zero-order valence-corrected chi connectivity index (χ0v) is 37.6. The van der Waals surface area contributed by atoms with E-state index in [2.05, 4.69) is 240 Å². The number of nitrogens with zero attached hydrogens (tertiary/aromatic N) is 2. The third kappa shape index (κ3) is 6.12. The number of hydrogen-bond acceptors (Lipinski definition) is 3. The van der Waals surface area contributed by atoms with Gasteiger partial charge in [0.2, 0.25) is 0 Å². The van der Waals surface area contributed by atoms with Crippen molar-refractivity contribution in [2.45, 2.75) is 0 Å². The van der Waals surface area contributed by atoms with Crippen LogP contribution in [0.2, 0.25) is 0 Å². The first-order valence-corrected chi connectivity index (χ1v) is 24.0. The number of furan rings is 1. The van der Waals surface area contributed by atoms with Gasteiger partial charge in [-0.15, -0.1) is 11.3 Å². The third-order valence-corrected chi connectivity index (χ3v) is 15.0. The van der Waals surface area contributed by atoms with E-state index in [1.54, 1.807) is 0 Å². The Hall–Kier alpha value is -8.70. The van der Waals surface area contributed by atoms with Crippen LogP contribution in [0.4, 0.5) is 17.1 Å². The molecule has 0 spiro atoms. The number of aromatic nitrogens is 1. The average Bonchev–Trinajstić information content (AvgIpc) is 4.10. The molecule has 0 saturated carbocycles. The van der Waals surface area contributed by atoms with Crippen molar-refractivity contribution < 1.29 is 4.42 Å². The van der Waals surface area contributed by atoms with E-state index in [0.717, 1.165) is 55.8 Å². The molecule has 4 heteroatoms. The van der Waals surface area contributed by atoms with Crippen molar-refractivity contribution in [2.75, 3.05) is 4.90 Å². The molecule has 3 aromatic heterocycles. The molecule has 3 heterocycles. The van der Waals surface area contributed by atoms with Gasteiger partial charge in [-0.1, -0.05) is 170 Å². The molecule has 0 N–H and O–H groups in total. The van der Waals surface area contributed by atoms with Crippen molar-refractivity contribution in [3.05, 3.63) is 243 Å². The molecule has 68 heavy (non-hydrogen) atoms. The molecule has 0 unspecified atom stereocenters. The predicted molar refractivity (Wildman–Crippen MR) is 289 cm³/mol. The molecule has 0 amide bonds. The lowest BCUT2D eigenvalue weighted by molar-refractivity contribution is 0.670. The zero-order chi connectivity index (χ0) is 44.7. The van der Waals surface area contributed by atoms with E-state index in [-0.39, 0.29) is 0 Å². The summed E-state index contributed by atoms with van der Waals surface area (Å²) in [6.45, 7) is 0. The largest absolute Gasteiger partial charge is 0.455 e. The highest BCUT2D eigenvalue weighted by atomic mass is 32.1. The second kappa shape index (κ2) is 15.5. The molecule has 11 aromatic carbocycles. The summed E-state index contributed by atoms with van der Waals surface area (Å²) in [6.07, 6.45) is 0. The summed E-state index contributed by atoms with van der Waals surface area (Å²) in [6, 6.07) is 88.2. The summed E-state index contributed by atoms with van der Waals surface area (Å²) >= 11 is 1.87. The molecule has 0 fully saturated rings. The van der Waals surface area contributed by atoms with Gasteiger partial charge in [-0.05, 0) is 111 Å². The van der Waals surface area contributed by atoms with Gasteiger partial charge in [0.15, 0.2) is 0 Å². The Bertz CT molecular complexity index is 4210. The molecule has 0 saturated heterocycles. The van der Waals surface area contributed by atoms with Crippen LogP contribution in [-0.4, -0.2) is 4.57 Å². The molecule has 0 radical (unpaired) electrons. The molecule has 318 valence electrons. The smallest absolute Gasteiger partial charge is 0.143 e. The second-order valence-corrected chi connectivity index (χ2v) is 18.7. The number of benzene rings is 11. The maximum atomic E-state index is 6.51. The minimum absolute atomic E-state index is 0.902. The van der Waals surface area contributed by atoms with Crippen LogP contribution in [0.15, 0.2) is 247 Å². The van der Waals surface area contributed by atoms with Crippen LogP contribution in [0.5, 0.6) is 0 Å². The fourth-order valence-corrected chi connectivity index (χ4v) is 11.9. The van der Waals surface area contributed by atoms with Crippen molar-refractivity contribution in [2.24, 2.45) is 0 Å². The Kier molecular flexibility index (Phi) is 8.76. The highest BCUT2D eigenvalue weighted by Crippen LogP contribution is 2.49. The Morgan fingerprint density at radius 1 is 0.382 bits per heavy atom. The Morgan fingerprint density at radius 3 is 1.78 bits per heavy atom. The molecule has 0 aliphatic heterocycles. The molecule has 3 nitrogen and oxygen atoms in total. The number of rotatable bonds is 7. The van der Waals surface area contributed by atoms with Crippen molar-refractivity contribution in [1.82, 2.24) is 4.57 Å². The fourth-order valence-electron chi connectivity index (χ4n) is 10.6. The van der Waals surface area contributed by atoms with Gasteiger partial charge in [-0.3, -0.25) is 0 Å². The second-order valence-electron chi connectivity index (χ2n) is 17.6. The molecule has 14 rings (SSSR count). The zero-order valence-electron chi connectivity index (χ0n) is 36.8. The Morgan fingerprint density at radius 2 is 1.00 bits per heavy atom. The van der Waals surface area contributed by atoms with E-state index < -0.39 is 0 Å². The van der Waals surface area contributed by atoms with Crippen molar-refractivity contribution in [1.29, 1.82) is 0 Å². The predicted octanol–water partition coefficient (Wildman–Crippen LogP) is 18.7. The summed E-state index contributed by atoms with van der Waals surface area (Å²) in [5.41, 5.74) is 15.6. The highest BCUT2D eigenvalue weighted by Gasteiger charge is 2.23. The third-order valence-electron chi connectivity index (χ3n) is 13.8. The van der Waals surface area contributed by atoms with Gasteiger partial charge in [-0.25, -0.2) is 0 Å². The lowest BCUT2D eigenvalue weighted by atomic mass is 9.98. The summed E-state index contributed by atoms with van der Waals surface area (Å²) < 4.78 is 11.4. The Balaban J connectivity index is 0.943. The number of fused-ring (bicyclic) bond motifs is 10. The minimum atomic E-state index is 0.902. The topological polar surface area (TPSA) is 21.3 Å². The average molecular weight is 885 g/mol. The normalized spacial score (nSPS) is 11.8. The van der Waals surface area contributed by atoms with Gasteiger partial charge >= 0.3 is 0 Å². The molecule has 14 aromatic rings. The lowest BCUT2D eigenvalue weighted by Crippen LogP contribution is -2.10. The summed E-state index contributed by atoms with van der Waals surface area (Å²) in [7, 11) is 0. The van der Waals surface area contributed by atoms with Crippen molar-refractivity contribution in [3.8, 4) is 39.1 Å². The lowest BCUT2D eigenvalue weighted by Gasteiger charge is -2.27. The highest BCUT2D eigenvalue weighted by molar-refractivity contribution is 7.26. The van der Waals surface area contributed by atoms with Crippen LogP contribution >= 0.6 is 11.3 Å². The number of anilines is 3. The maximum Gasteiger partial charge on any atom is 0.143 e. The summed E-state index contributed by atoms with van der Waals surface area (Å²) in [5, 5.41) is 9.74. The van der Waals surface area contributed by atoms with E-state index in [0.29, 0.717) is 0 Å². The van der Waals surface area contributed by atoms with Gasteiger partial charge in [0.05, 0.1) is 16.7 Å². The SMILES string of the molecule is c1cc(-c2ccc(N(c3ccc(-c4ccc5ccccc5c4)cc3)c3ccc(-c4cccc5c4oc4ccccc45)cc3)c3c2sc2ccccc23)cc(-n2c3ccccc3c3ccccc32)c1. The van der Waals surface area contributed by atoms with Gasteiger partial charge in [-0.2, -0.15) is 0 Å². The van der Waals surface area contributed by atoms with Gasteiger partial charge in [0.1, 0.15) is 11.2 Å². The van der Waals surface area contributed by atoms with Crippen LogP contribution in [0.3, 0.4) is 0 Å². The first-order valence-electron chi connectivity index (χ1n) is 23.2. The standard InChI is InChI=1S/C64H40N2OS/c1-2-14-44-39-45(28-27-41(44)13-1)42-29-33-47(34-30-42)65(48-35-31-43(32-36-48)50-21-12-22-55-54-19-5-9-25-60(54)67-63(50)55)59-38-37-51(64-62(59)56-20-6-10-26-61(56)68-64)46-15-11-16-49(40-46)66-57-23-7-3-17-52(57)53-18-4-8-24-58(53)66/h1-40H. The first kappa shape index (κ1) is 38.6. The van der Waals surface area contributed by atoms with Crippen LogP contribution < -0.4 is 4.90 Å². The number of hydrogen-bond donors (Lipinski definition) is 0. The molecule has 0 aliphatic rings. The molecule has 0 aliphatic carbocycles. The van der Waals surface area contributed by atoms with E-state index in [1.807, 2.05) is 23.5 Å². The van der Waals surface area contributed by atoms with Crippen molar-refractivity contribution in [3.63, 3.8) is 0 Å². The van der Waals surface area contributed by atoms with E-state index in [4.69, 9.17) is 4.42 Å². The van der Waals surface area contributed by atoms with Crippen LogP contribution in [0.1, 0.15) is 0 Å². The fraction of sp³-hybridized carbons (Fsp3) is 0. The summed E-state index contributed by atoms with van der Waals surface area (Å²) in [4.78, 5) is 2.44. The molecule has 0 bridgehead atoms. The van der Waals surface area contributed by atoms with Crippen LogP contribution in [-0.2, 0) is 0 Å². The van der Waals surface area contributed by atoms with Gasteiger partial charge in [0, 0.05) is 64.3 Å². The van der Waals surface area contributed by atoms with Crippen LogP contribution in [0.25, 0.3) is 114 Å². The van der Waals surface area contributed by atoms with E-state index >= 15 is 0 Å². The molecular formula is C64H40N2OS. The van der Waals surface area contributed by atoms with Gasteiger partial charge in [0.25, 0.3) is 0 Å². The number of para-hydroxylation sites is 4. The Labute approximate surface area is 396 Å². The van der Waals surface area contributed by atoms with E-state index in [9.17, 15) is 0 Å². The molecular weight excluding hydrogens is 845 g/mol. The monoisotopic (exact) mass is 884 g/mol. The summed E-state index contributed by atoms with van der Waals surface area (Å²) in [5.74, 6) is 0. The van der Waals surface area contributed by atoms with E-state index in [1.165, 1.54) is 75.0 Å². The maximum absolute atomic E-state index is 6.51.